The molecule has 0 spiro atoms. The molecule has 0 amide bonds. The van der Waals surface area contributed by atoms with Gasteiger partial charge in [-0.2, -0.15) is 0 Å². The van der Waals surface area contributed by atoms with E-state index in [-0.39, 0.29) is 0 Å². The number of hydrogen-bond acceptors (Lipinski definition) is 1. The quantitative estimate of drug-likeness (QED) is 0.714. The van der Waals surface area contributed by atoms with E-state index in [4.69, 9.17) is 0 Å². The Morgan fingerprint density at radius 2 is 1.81 bits per heavy atom. The van der Waals surface area contributed by atoms with Crippen molar-refractivity contribution in [2.24, 2.45) is 11.3 Å². The zero-order chi connectivity index (χ0) is 11.4. The number of hydrogen-bond donors (Lipinski definition) is 1. The highest BCUT2D eigenvalue weighted by Crippen LogP contribution is 2.47. The predicted octanol–water partition coefficient (Wildman–Crippen LogP) is 4.13. The lowest BCUT2D eigenvalue weighted by Gasteiger charge is -2.41. The maximum atomic E-state index is 3.82. The first-order chi connectivity index (χ1) is 7.80. The van der Waals surface area contributed by atoms with E-state index < -0.39 is 0 Å². The topological polar surface area (TPSA) is 12.0 Å². The summed E-state index contributed by atoms with van der Waals surface area (Å²) in [6, 6.07) is 0.815. The molecule has 0 aromatic rings. The summed E-state index contributed by atoms with van der Waals surface area (Å²) in [5.74, 6) is 1.05. The van der Waals surface area contributed by atoms with Crippen LogP contribution in [0.3, 0.4) is 0 Å². The van der Waals surface area contributed by atoms with Gasteiger partial charge < -0.3 is 5.32 Å². The highest BCUT2D eigenvalue weighted by atomic mass is 14.9. The third kappa shape index (κ3) is 2.45. The third-order valence-electron chi connectivity index (χ3n) is 5.29. The molecule has 2 fully saturated rings. The minimum atomic E-state index is 0.658. The van der Waals surface area contributed by atoms with Crippen LogP contribution in [0.2, 0.25) is 0 Å². The fourth-order valence-electron chi connectivity index (χ4n) is 3.89. The van der Waals surface area contributed by atoms with Crippen molar-refractivity contribution in [1.82, 2.24) is 5.32 Å². The Morgan fingerprint density at radius 1 is 1.12 bits per heavy atom. The first-order valence-electron chi connectivity index (χ1n) is 7.54. The summed E-state index contributed by atoms with van der Waals surface area (Å²) in [6.07, 6.45) is 13.2. The Labute approximate surface area is 101 Å². The summed E-state index contributed by atoms with van der Waals surface area (Å²) in [4.78, 5) is 0. The van der Waals surface area contributed by atoms with E-state index in [2.05, 4.69) is 19.2 Å². The van der Waals surface area contributed by atoms with Crippen molar-refractivity contribution in [3.05, 3.63) is 0 Å². The molecule has 0 heterocycles. The highest BCUT2D eigenvalue weighted by Gasteiger charge is 2.40. The van der Waals surface area contributed by atoms with Crippen LogP contribution in [0, 0.1) is 11.3 Å². The van der Waals surface area contributed by atoms with Crippen molar-refractivity contribution in [3.8, 4) is 0 Å². The minimum absolute atomic E-state index is 0.658. The van der Waals surface area contributed by atoms with E-state index in [0.29, 0.717) is 5.41 Å². The molecule has 1 unspecified atom stereocenters. The van der Waals surface area contributed by atoms with Crippen LogP contribution in [0.4, 0.5) is 0 Å². The van der Waals surface area contributed by atoms with Gasteiger partial charge in [0, 0.05) is 6.04 Å². The fourth-order valence-corrected chi connectivity index (χ4v) is 3.89. The molecule has 0 saturated heterocycles. The monoisotopic (exact) mass is 223 g/mol. The molecular weight excluding hydrogens is 194 g/mol. The van der Waals surface area contributed by atoms with Gasteiger partial charge in [0.25, 0.3) is 0 Å². The van der Waals surface area contributed by atoms with Crippen LogP contribution in [0.5, 0.6) is 0 Å². The molecule has 16 heavy (non-hydrogen) atoms. The summed E-state index contributed by atoms with van der Waals surface area (Å²) in [7, 11) is 0. The van der Waals surface area contributed by atoms with Crippen LogP contribution in [-0.2, 0) is 0 Å². The molecule has 1 N–H and O–H groups in total. The van der Waals surface area contributed by atoms with Gasteiger partial charge in [-0.15, -0.1) is 0 Å². The Morgan fingerprint density at radius 3 is 2.25 bits per heavy atom. The Hall–Kier alpha value is -0.0400. The smallest absolute Gasteiger partial charge is 0.0126 e. The molecule has 94 valence electrons. The molecule has 2 aliphatic rings. The average molecular weight is 223 g/mol. The van der Waals surface area contributed by atoms with E-state index >= 15 is 0 Å². The van der Waals surface area contributed by atoms with Gasteiger partial charge in [-0.3, -0.25) is 0 Å². The number of nitrogens with one attached hydrogen (secondary N) is 1. The van der Waals surface area contributed by atoms with Gasteiger partial charge in [0.15, 0.2) is 0 Å². The highest BCUT2D eigenvalue weighted by molar-refractivity contribution is 4.95. The van der Waals surface area contributed by atoms with Crippen molar-refractivity contribution >= 4 is 0 Å². The summed E-state index contributed by atoms with van der Waals surface area (Å²) in [6.45, 7) is 5.83. The van der Waals surface area contributed by atoms with E-state index in [1.54, 1.807) is 0 Å². The van der Waals surface area contributed by atoms with Gasteiger partial charge in [0.2, 0.25) is 0 Å². The van der Waals surface area contributed by atoms with Gasteiger partial charge >= 0.3 is 0 Å². The molecular formula is C15H29N. The largest absolute Gasteiger partial charge is 0.314 e. The molecule has 1 atom stereocenters. The molecule has 0 aliphatic heterocycles. The molecule has 2 saturated carbocycles. The third-order valence-corrected chi connectivity index (χ3v) is 5.29. The number of rotatable bonds is 6. The SMILES string of the molecule is CCNC(CC1CCC1)C1(CC)CCCC1. The first-order valence-corrected chi connectivity index (χ1v) is 7.54. The van der Waals surface area contributed by atoms with Gasteiger partial charge in [0.05, 0.1) is 0 Å². The summed E-state index contributed by atoms with van der Waals surface area (Å²) in [5, 5.41) is 3.82. The van der Waals surface area contributed by atoms with E-state index in [1.165, 1.54) is 57.8 Å². The average Bonchev–Trinajstić information content (AvgIpc) is 2.71. The van der Waals surface area contributed by atoms with Gasteiger partial charge in [0.1, 0.15) is 0 Å². The molecule has 0 aromatic heterocycles. The second kappa shape index (κ2) is 5.53. The van der Waals surface area contributed by atoms with Gasteiger partial charge in [-0.05, 0) is 43.6 Å². The summed E-state index contributed by atoms with van der Waals surface area (Å²) < 4.78 is 0. The van der Waals surface area contributed by atoms with Crippen LogP contribution in [-0.4, -0.2) is 12.6 Å². The minimum Gasteiger partial charge on any atom is -0.314 e. The molecule has 0 bridgehead atoms. The molecule has 2 aliphatic carbocycles. The summed E-state index contributed by atoms with van der Waals surface area (Å²) in [5.41, 5.74) is 0.658. The van der Waals surface area contributed by atoms with Crippen molar-refractivity contribution in [2.45, 2.75) is 77.7 Å². The van der Waals surface area contributed by atoms with Gasteiger partial charge in [-0.1, -0.05) is 46.0 Å². The predicted molar refractivity (Wildman–Crippen MR) is 70.6 cm³/mol. The molecule has 2 rings (SSSR count). The van der Waals surface area contributed by atoms with E-state index in [9.17, 15) is 0 Å². The van der Waals surface area contributed by atoms with E-state index in [0.717, 1.165) is 18.5 Å². The second-order valence-corrected chi connectivity index (χ2v) is 6.07. The van der Waals surface area contributed by atoms with Crippen molar-refractivity contribution < 1.29 is 0 Å². The zero-order valence-corrected chi connectivity index (χ0v) is 11.2. The maximum Gasteiger partial charge on any atom is 0.0126 e. The lowest BCUT2D eigenvalue weighted by Crippen LogP contribution is -2.45. The Bertz CT molecular complexity index is 201. The first kappa shape index (κ1) is 12.4. The van der Waals surface area contributed by atoms with Crippen molar-refractivity contribution in [2.75, 3.05) is 6.54 Å². The second-order valence-electron chi connectivity index (χ2n) is 6.07. The van der Waals surface area contributed by atoms with Gasteiger partial charge in [-0.25, -0.2) is 0 Å². The maximum absolute atomic E-state index is 3.82. The van der Waals surface area contributed by atoms with Crippen LogP contribution < -0.4 is 5.32 Å². The lowest BCUT2D eigenvalue weighted by atomic mass is 9.69. The lowest BCUT2D eigenvalue weighted by molar-refractivity contribution is 0.137. The molecule has 1 heteroatoms. The van der Waals surface area contributed by atoms with Crippen LogP contribution in [0.1, 0.15) is 71.6 Å². The molecule has 0 radical (unpaired) electrons. The fraction of sp³-hybridized carbons (Fsp3) is 1.00. The zero-order valence-electron chi connectivity index (χ0n) is 11.2. The molecule has 0 aromatic carbocycles. The molecule has 1 nitrogen and oxygen atoms in total. The van der Waals surface area contributed by atoms with Crippen LogP contribution >= 0.6 is 0 Å². The van der Waals surface area contributed by atoms with Crippen LogP contribution in [0.25, 0.3) is 0 Å². The summed E-state index contributed by atoms with van der Waals surface area (Å²) >= 11 is 0. The van der Waals surface area contributed by atoms with Crippen LogP contribution in [0.15, 0.2) is 0 Å². The standard InChI is InChI=1S/C15H29N/c1-3-15(10-5-6-11-15)14(16-4-2)12-13-8-7-9-13/h13-14,16H,3-12H2,1-2H3. The Balaban J connectivity index is 1.97. The van der Waals surface area contributed by atoms with Crippen molar-refractivity contribution in [1.29, 1.82) is 0 Å². The van der Waals surface area contributed by atoms with E-state index in [1.807, 2.05) is 0 Å². The normalized spacial score (nSPS) is 26.6. The van der Waals surface area contributed by atoms with Crippen molar-refractivity contribution in [3.63, 3.8) is 0 Å². The Kier molecular flexibility index (Phi) is 4.29.